The van der Waals surface area contributed by atoms with Crippen molar-refractivity contribution < 1.29 is 19.0 Å². The molecule has 0 spiro atoms. The molecule has 6 nitrogen and oxygen atoms in total. The summed E-state index contributed by atoms with van der Waals surface area (Å²) in [4.78, 5) is 4.13. The van der Waals surface area contributed by atoms with E-state index >= 15 is 0 Å². The molecule has 0 amide bonds. The van der Waals surface area contributed by atoms with Crippen molar-refractivity contribution in [2.75, 3.05) is 21.3 Å². The number of ether oxygens (including phenoxy) is 2. The lowest BCUT2D eigenvalue weighted by atomic mass is 10.2. The molecule has 0 saturated heterocycles. The number of guanidine groups is 1. The summed E-state index contributed by atoms with van der Waals surface area (Å²) in [6.45, 7) is 0.884. The summed E-state index contributed by atoms with van der Waals surface area (Å²) in [5.41, 5.74) is 1.66. The van der Waals surface area contributed by atoms with Gasteiger partial charge in [-0.2, -0.15) is 0 Å². The number of phenolic OH excluding ortho intramolecular Hbond substituents is 1. The van der Waals surface area contributed by atoms with Gasteiger partial charge < -0.3 is 25.2 Å². The Morgan fingerprint density at radius 1 is 1.04 bits per heavy atom. The number of hydrogen-bond donors (Lipinski definition) is 3. The van der Waals surface area contributed by atoms with Gasteiger partial charge in [-0.3, -0.25) is 4.99 Å². The number of methoxy groups -OCH3 is 2. The number of rotatable bonds is 6. The van der Waals surface area contributed by atoms with Gasteiger partial charge in [-0.25, -0.2) is 4.39 Å². The SMILES string of the molecule is CN=C(NCc1cccc(F)c1)NCc1cc(OC)c(O)c(OC)c1.I. The lowest BCUT2D eigenvalue weighted by Gasteiger charge is -2.14. The minimum absolute atomic E-state index is 0. The van der Waals surface area contributed by atoms with Crippen molar-refractivity contribution in [2.24, 2.45) is 4.99 Å². The van der Waals surface area contributed by atoms with Crippen LogP contribution >= 0.6 is 24.0 Å². The molecule has 0 bridgehead atoms. The molecular formula is C18H23FIN3O3. The smallest absolute Gasteiger partial charge is 0.200 e. The minimum Gasteiger partial charge on any atom is -0.502 e. The van der Waals surface area contributed by atoms with Gasteiger partial charge in [-0.1, -0.05) is 12.1 Å². The molecule has 0 heterocycles. The largest absolute Gasteiger partial charge is 0.502 e. The van der Waals surface area contributed by atoms with Gasteiger partial charge in [0, 0.05) is 20.1 Å². The Morgan fingerprint density at radius 2 is 1.62 bits per heavy atom. The molecule has 0 saturated carbocycles. The zero-order valence-electron chi connectivity index (χ0n) is 14.9. The van der Waals surface area contributed by atoms with E-state index in [1.165, 1.54) is 26.4 Å². The van der Waals surface area contributed by atoms with Crippen LogP contribution in [0.2, 0.25) is 0 Å². The Bertz CT molecular complexity index is 731. The number of aliphatic imine (C=N–C) groups is 1. The van der Waals surface area contributed by atoms with Gasteiger partial charge in [0.05, 0.1) is 14.2 Å². The van der Waals surface area contributed by atoms with Crippen molar-refractivity contribution in [3.05, 3.63) is 53.3 Å². The molecule has 0 atom stereocenters. The van der Waals surface area contributed by atoms with E-state index in [9.17, 15) is 9.50 Å². The summed E-state index contributed by atoms with van der Waals surface area (Å²) in [7, 11) is 4.61. The molecule has 2 aromatic carbocycles. The van der Waals surface area contributed by atoms with Crippen LogP contribution in [0.4, 0.5) is 4.39 Å². The number of nitrogens with one attached hydrogen (secondary N) is 2. The fraction of sp³-hybridized carbons (Fsp3) is 0.278. The molecule has 2 aromatic rings. The highest BCUT2D eigenvalue weighted by Gasteiger charge is 2.11. The van der Waals surface area contributed by atoms with Crippen molar-refractivity contribution in [1.29, 1.82) is 0 Å². The van der Waals surface area contributed by atoms with Gasteiger partial charge in [0.25, 0.3) is 0 Å². The minimum atomic E-state index is -0.273. The maximum atomic E-state index is 13.2. The number of halogens is 2. The quantitative estimate of drug-likeness (QED) is 0.341. The highest BCUT2D eigenvalue weighted by atomic mass is 127. The molecule has 2 rings (SSSR count). The number of benzene rings is 2. The van der Waals surface area contributed by atoms with Gasteiger partial charge in [-0.15, -0.1) is 24.0 Å². The number of aromatic hydroxyl groups is 1. The Hall–Kier alpha value is -2.23. The highest BCUT2D eigenvalue weighted by Crippen LogP contribution is 2.36. The van der Waals surface area contributed by atoms with E-state index in [1.807, 2.05) is 6.07 Å². The second-order valence-corrected chi connectivity index (χ2v) is 5.26. The van der Waals surface area contributed by atoms with E-state index < -0.39 is 0 Å². The lowest BCUT2D eigenvalue weighted by molar-refractivity contribution is 0.339. The summed E-state index contributed by atoms with van der Waals surface area (Å²) < 4.78 is 23.5. The van der Waals surface area contributed by atoms with E-state index in [-0.39, 0.29) is 35.5 Å². The molecule has 0 radical (unpaired) electrons. The topological polar surface area (TPSA) is 75.1 Å². The van der Waals surface area contributed by atoms with Crippen LogP contribution in [-0.2, 0) is 13.1 Å². The third-order valence-corrected chi connectivity index (χ3v) is 3.57. The predicted molar refractivity (Wildman–Crippen MR) is 110 cm³/mol. The van der Waals surface area contributed by atoms with Gasteiger partial charge in [-0.05, 0) is 35.4 Å². The standard InChI is InChI=1S/C18H22FN3O3.HI/c1-20-18(21-10-12-5-4-6-14(19)7-12)22-11-13-8-15(24-2)17(23)16(9-13)25-3;/h4-9,23H,10-11H2,1-3H3,(H2,20,21,22);1H. The summed E-state index contributed by atoms with van der Waals surface area (Å²) in [6, 6.07) is 9.80. The molecule has 0 fully saturated rings. The van der Waals surface area contributed by atoms with Crippen molar-refractivity contribution in [3.8, 4) is 17.2 Å². The van der Waals surface area contributed by atoms with Crippen LogP contribution in [0.3, 0.4) is 0 Å². The fourth-order valence-electron chi connectivity index (χ4n) is 2.29. The van der Waals surface area contributed by atoms with Crippen molar-refractivity contribution >= 4 is 29.9 Å². The Labute approximate surface area is 169 Å². The summed E-state index contributed by atoms with van der Waals surface area (Å²) in [5, 5.41) is 16.2. The summed E-state index contributed by atoms with van der Waals surface area (Å²) in [6.07, 6.45) is 0. The number of nitrogens with zero attached hydrogens (tertiary/aromatic N) is 1. The maximum Gasteiger partial charge on any atom is 0.200 e. The lowest BCUT2D eigenvalue weighted by Crippen LogP contribution is -2.36. The zero-order valence-corrected chi connectivity index (χ0v) is 17.2. The van der Waals surface area contributed by atoms with Crippen molar-refractivity contribution in [3.63, 3.8) is 0 Å². The van der Waals surface area contributed by atoms with Crippen LogP contribution in [-0.4, -0.2) is 32.3 Å². The molecule has 3 N–H and O–H groups in total. The van der Waals surface area contributed by atoms with Gasteiger partial charge in [0.15, 0.2) is 17.5 Å². The van der Waals surface area contributed by atoms with Crippen LogP contribution in [0.25, 0.3) is 0 Å². The normalized spacial score (nSPS) is 10.7. The second kappa shape index (κ2) is 10.7. The van der Waals surface area contributed by atoms with Crippen LogP contribution in [0.5, 0.6) is 17.2 Å². The average molecular weight is 475 g/mol. The van der Waals surface area contributed by atoms with Gasteiger partial charge >= 0.3 is 0 Å². The van der Waals surface area contributed by atoms with Gasteiger partial charge in [0.1, 0.15) is 5.82 Å². The Balaban J connectivity index is 0.00000338. The van der Waals surface area contributed by atoms with Crippen molar-refractivity contribution in [2.45, 2.75) is 13.1 Å². The summed E-state index contributed by atoms with van der Waals surface area (Å²) >= 11 is 0. The monoisotopic (exact) mass is 475 g/mol. The molecule has 0 aromatic heterocycles. The first-order valence-electron chi connectivity index (χ1n) is 7.70. The van der Waals surface area contributed by atoms with Crippen LogP contribution < -0.4 is 20.1 Å². The Morgan fingerprint density at radius 3 is 2.12 bits per heavy atom. The summed E-state index contributed by atoms with van der Waals surface area (Å²) in [5.74, 6) is 0.917. The second-order valence-electron chi connectivity index (χ2n) is 5.26. The molecule has 0 aliphatic heterocycles. The third kappa shape index (κ3) is 5.94. The molecule has 0 aliphatic carbocycles. The molecular weight excluding hydrogens is 452 g/mol. The molecule has 0 unspecified atom stereocenters. The molecule has 8 heteroatoms. The van der Waals surface area contributed by atoms with Crippen LogP contribution in [0.1, 0.15) is 11.1 Å². The predicted octanol–water partition coefficient (Wildman–Crippen LogP) is 3.03. The van der Waals surface area contributed by atoms with Gasteiger partial charge in [0.2, 0.25) is 5.75 Å². The number of phenols is 1. The Kier molecular flexibility index (Phi) is 8.97. The molecule has 26 heavy (non-hydrogen) atoms. The highest BCUT2D eigenvalue weighted by molar-refractivity contribution is 14.0. The first-order chi connectivity index (χ1) is 12.1. The van der Waals surface area contributed by atoms with E-state index in [0.29, 0.717) is 30.5 Å². The first-order valence-corrected chi connectivity index (χ1v) is 7.70. The first kappa shape index (κ1) is 21.8. The van der Waals surface area contributed by atoms with Crippen molar-refractivity contribution in [1.82, 2.24) is 10.6 Å². The number of hydrogen-bond acceptors (Lipinski definition) is 4. The average Bonchev–Trinajstić information content (AvgIpc) is 2.62. The van der Waals surface area contributed by atoms with E-state index in [0.717, 1.165) is 11.1 Å². The molecule has 0 aliphatic rings. The molecule has 142 valence electrons. The maximum absolute atomic E-state index is 13.2. The van der Waals surface area contributed by atoms with E-state index in [2.05, 4.69) is 15.6 Å². The van der Waals surface area contributed by atoms with Crippen LogP contribution in [0, 0.1) is 5.82 Å². The third-order valence-electron chi connectivity index (χ3n) is 3.57. The fourth-order valence-corrected chi connectivity index (χ4v) is 2.29. The van der Waals surface area contributed by atoms with E-state index in [1.54, 1.807) is 25.2 Å². The van der Waals surface area contributed by atoms with E-state index in [4.69, 9.17) is 9.47 Å². The zero-order chi connectivity index (χ0) is 18.2. The van der Waals surface area contributed by atoms with Crippen LogP contribution in [0.15, 0.2) is 41.4 Å².